The highest BCUT2D eigenvalue weighted by atomic mass is 16.7. The van der Waals surface area contributed by atoms with Crippen molar-refractivity contribution in [1.82, 2.24) is 0 Å². The van der Waals surface area contributed by atoms with Crippen LogP contribution in [0.15, 0.2) is 11.8 Å². The number of aliphatic hydroxyl groups is 1. The third-order valence-electron chi connectivity index (χ3n) is 0.949. The molecule has 0 unspecified atom stereocenters. The van der Waals surface area contributed by atoms with E-state index in [4.69, 9.17) is 5.11 Å². The molecule has 0 spiro atoms. The maximum absolute atomic E-state index is 10.5. The van der Waals surface area contributed by atoms with Gasteiger partial charge in [0.2, 0.25) is 6.79 Å². The first-order valence-corrected chi connectivity index (χ1v) is 2.44. The molecule has 0 bridgehead atoms. The van der Waals surface area contributed by atoms with Crippen molar-refractivity contribution in [3.8, 4) is 0 Å². The standard InChI is InChI=1S/C5H4O5/c6-1-3-4(7)9-2-10-5(3)8/h1,6H,2H2. The minimum atomic E-state index is -0.862. The number of cyclic esters (lactones) is 2. The molecule has 0 aliphatic carbocycles. The molecule has 0 aromatic heterocycles. The molecular formula is C5H4O5. The summed E-state index contributed by atoms with van der Waals surface area (Å²) < 4.78 is 8.48. The molecule has 1 saturated heterocycles. The maximum atomic E-state index is 10.5. The molecular weight excluding hydrogens is 140 g/mol. The highest BCUT2D eigenvalue weighted by Crippen LogP contribution is 2.05. The molecule has 0 atom stereocenters. The van der Waals surface area contributed by atoms with Gasteiger partial charge in [0.05, 0.1) is 0 Å². The van der Waals surface area contributed by atoms with Crippen LogP contribution < -0.4 is 0 Å². The van der Waals surface area contributed by atoms with Gasteiger partial charge in [-0.2, -0.15) is 0 Å². The first kappa shape index (κ1) is 6.60. The Morgan fingerprint density at radius 1 is 1.30 bits per heavy atom. The summed E-state index contributed by atoms with van der Waals surface area (Å²) in [4.78, 5) is 21.0. The van der Waals surface area contributed by atoms with Gasteiger partial charge in [-0.05, 0) is 0 Å². The lowest BCUT2D eigenvalue weighted by Gasteiger charge is -2.11. The highest BCUT2D eigenvalue weighted by Gasteiger charge is 2.26. The Morgan fingerprint density at radius 2 is 1.80 bits per heavy atom. The topological polar surface area (TPSA) is 72.8 Å². The summed E-state index contributed by atoms with van der Waals surface area (Å²) in [5, 5.41) is 8.27. The van der Waals surface area contributed by atoms with E-state index < -0.39 is 17.5 Å². The molecule has 5 nitrogen and oxygen atoms in total. The fraction of sp³-hybridized carbons (Fsp3) is 0.200. The highest BCUT2D eigenvalue weighted by molar-refractivity contribution is 6.14. The van der Waals surface area contributed by atoms with E-state index in [1.807, 2.05) is 0 Å². The first-order chi connectivity index (χ1) is 4.75. The Morgan fingerprint density at radius 3 is 2.10 bits per heavy atom. The Hall–Kier alpha value is -1.52. The zero-order chi connectivity index (χ0) is 7.56. The molecule has 0 saturated carbocycles. The van der Waals surface area contributed by atoms with E-state index in [1.165, 1.54) is 0 Å². The Balaban J connectivity index is 2.83. The third-order valence-corrected chi connectivity index (χ3v) is 0.949. The van der Waals surface area contributed by atoms with Crippen molar-refractivity contribution in [3.63, 3.8) is 0 Å². The quantitative estimate of drug-likeness (QED) is 0.214. The van der Waals surface area contributed by atoms with Crippen LogP contribution in [0.5, 0.6) is 0 Å². The van der Waals surface area contributed by atoms with Crippen molar-refractivity contribution in [2.45, 2.75) is 0 Å². The number of ether oxygens (including phenoxy) is 2. The summed E-state index contributed by atoms with van der Waals surface area (Å²) in [7, 11) is 0. The number of carbonyl (C=O) groups is 2. The molecule has 10 heavy (non-hydrogen) atoms. The van der Waals surface area contributed by atoms with Crippen molar-refractivity contribution >= 4 is 11.9 Å². The molecule has 0 aromatic carbocycles. The fourth-order valence-electron chi connectivity index (χ4n) is 0.481. The van der Waals surface area contributed by atoms with E-state index in [0.717, 1.165) is 0 Å². The summed E-state index contributed by atoms with van der Waals surface area (Å²) in [5.41, 5.74) is -0.480. The number of aliphatic hydroxyl groups excluding tert-OH is 1. The predicted octanol–water partition coefficient (Wildman–Crippen LogP) is -0.514. The molecule has 5 heteroatoms. The van der Waals surface area contributed by atoms with Gasteiger partial charge < -0.3 is 14.6 Å². The van der Waals surface area contributed by atoms with Gasteiger partial charge in [0.1, 0.15) is 6.26 Å². The average Bonchev–Trinajstić information content (AvgIpc) is 1.88. The molecule has 1 rings (SSSR count). The van der Waals surface area contributed by atoms with Gasteiger partial charge in [-0.15, -0.1) is 0 Å². The van der Waals surface area contributed by atoms with Crippen LogP contribution in [0.25, 0.3) is 0 Å². The van der Waals surface area contributed by atoms with Crippen LogP contribution in [0.2, 0.25) is 0 Å². The average molecular weight is 144 g/mol. The van der Waals surface area contributed by atoms with Crippen molar-refractivity contribution in [3.05, 3.63) is 11.8 Å². The summed E-state index contributed by atoms with van der Waals surface area (Å²) in [5.74, 6) is -1.72. The van der Waals surface area contributed by atoms with Gasteiger partial charge in [-0.3, -0.25) is 0 Å². The summed E-state index contributed by atoms with van der Waals surface area (Å²) in [6.45, 7) is -0.380. The lowest BCUT2D eigenvalue weighted by molar-refractivity contribution is -0.172. The number of esters is 2. The monoisotopic (exact) mass is 144 g/mol. The van der Waals surface area contributed by atoms with Crippen molar-refractivity contribution in [2.75, 3.05) is 6.79 Å². The van der Waals surface area contributed by atoms with Crippen molar-refractivity contribution in [1.29, 1.82) is 0 Å². The van der Waals surface area contributed by atoms with Crippen LogP contribution in [-0.2, 0) is 19.1 Å². The molecule has 1 fully saturated rings. The minimum Gasteiger partial charge on any atom is -0.514 e. The SMILES string of the molecule is O=C1OCOC(=O)C1=CO. The lowest BCUT2D eigenvalue weighted by Crippen LogP contribution is -2.26. The number of rotatable bonds is 0. The van der Waals surface area contributed by atoms with E-state index in [-0.39, 0.29) is 6.79 Å². The zero-order valence-electron chi connectivity index (χ0n) is 4.86. The first-order valence-electron chi connectivity index (χ1n) is 2.44. The number of carbonyl (C=O) groups excluding carboxylic acids is 2. The lowest BCUT2D eigenvalue weighted by atomic mass is 10.3. The van der Waals surface area contributed by atoms with Crippen molar-refractivity contribution < 1.29 is 24.2 Å². The molecule has 54 valence electrons. The van der Waals surface area contributed by atoms with Crippen molar-refractivity contribution in [2.24, 2.45) is 0 Å². The van der Waals surface area contributed by atoms with Crippen LogP contribution in [0.4, 0.5) is 0 Å². The van der Waals surface area contributed by atoms with E-state index in [2.05, 4.69) is 9.47 Å². The Bertz CT molecular complexity index is 186. The van der Waals surface area contributed by atoms with Gasteiger partial charge in [-0.1, -0.05) is 0 Å². The molecule has 1 aliphatic rings. The van der Waals surface area contributed by atoms with Crippen LogP contribution in [0.3, 0.4) is 0 Å². The van der Waals surface area contributed by atoms with Gasteiger partial charge in [0.15, 0.2) is 5.57 Å². The Labute approximate surface area is 55.8 Å². The normalized spacial score (nSPS) is 17.8. The second-order valence-electron chi connectivity index (χ2n) is 1.52. The molecule has 1 aliphatic heterocycles. The smallest absolute Gasteiger partial charge is 0.351 e. The van der Waals surface area contributed by atoms with Crippen LogP contribution in [0, 0.1) is 0 Å². The largest absolute Gasteiger partial charge is 0.514 e. The van der Waals surface area contributed by atoms with Gasteiger partial charge in [0.25, 0.3) is 0 Å². The molecule has 0 amide bonds. The summed E-state index contributed by atoms with van der Waals surface area (Å²) >= 11 is 0. The second kappa shape index (κ2) is 2.38. The fourth-order valence-corrected chi connectivity index (χ4v) is 0.481. The van der Waals surface area contributed by atoms with Gasteiger partial charge >= 0.3 is 11.9 Å². The number of hydrogen-bond donors (Lipinski definition) is 1. The van der Waals surface area contributed by atoms with Gasteiger partial charge in [0, 0.05) is 0 Å². The molecule has 0 aromatic rings. The van der Waals surface area contributed by atoms with E-state index in [1.54, 1.807) is 0 Å². The molecule has 1 N–H and O–H groups in total. The maximum Gasteiger partial charge on any atom is 0.351 e. The zero-order valence-corrected chi connectivity index (χ0v) is 4.86. The van der Waals surface area contributed by atoms with E-state index >= 15 is 0 Å². The van der Waals surface area contributed by atoms with Crippen LogP contribution in [0.1, 0.15) is 0 Å². The second-order valence-corrected chi connectivity index (χ2v) is 1.52. The van der Waals surface area contributed by atoms with E-state index in [0.29, 0.717) is 6.26 Å². The predicted molar refractivity (Wildman–Crippen MR) is 27.8 cm³/mol. The summed E-state index contributed by atoms with van der Waals surface area (Å²) in [6.07, 6.45) is 0.365. The molecule has 0 radical (unpaired) electrons. The van der Waals surface area contributed by atoms with Crippen LogP contribution in [-0.4, -0.2) is 23.8 Å². The number of hydrogen-bond acceptors (Lipinski definition) is 5. The molecule has 1 heterocycles. The van der Waals surface area contributed by atoms with E-state index in [9.17, 15) is 9.59 Å². The Kier molecular flexibility index (Phi) is 1.57. The van der Waals surface area contributed by atoms with Crippen LogP contribution >= 0.6 is 0 Å². The third kappa shape index (κ3) is 0.928. The van der Waals surface area contributed by atoms with Gasteiger partial charge in [-0.25, -0.2) is 9.59 Å². The summed E-state index contributed by atoms with van der Waals surface area (Å²) in [6, 6.07) is 0. The minimum absolute atomic E-state index is 0.365.